The second-order valence-corrected chi connectivity index (χ2v) is 5.93. The van der Waals surface area contributed by atoms with E-state index in [0.717, 1.165) is 6.07 Å². The molecular weight excluding hydrogens is 335 g/mol. The third-order valence-electron chi connectivity index (χ3n) is 1.89. The minimum Gasteiger partial charge on any atom is -0.329 e. The van der Waals surface area contributed by atoms with Crippen molar-refractivity contribution in [1.29, 1.82) is 0 Å². The van der Waals surface area contributed by atoms with Crippen LogP contribution in [0.15, 0.2) is 27.6 Å². The first-order chi connectivity index (χ1) is 7.36. The van der Waals surface area contributed by atoms with E-state index in [0.29, 0.717) is 4.47 Å². The molecule has 98 valence electrons. The van der Waals surface area contributed by atoms with Crippen molar-refractivity contribution in [2.24, 2.45) is 5.73 Å². The number of sulfonamides is 1. The first-order valence-electron chi connectivity index (χ1n) is 4.54. The molecule has 0 amide bonds. The molecule has 17 heavy (non-hydrogen) atoms. The van der Waals surface area contributed by atoms with Crippen molar-refractivity contribution in [3.63, 3.8) is 0 Å². The maximum absolute atomic E-state index is 13.4. The molecule has 4 nitrogen and oxygen atoms in total. The Morgan fingerprint density at radius 2 is 2.12 bits per heavy atom. The van der Waals surface area contributed by atoms with Gasteiger partial charge in [-0.25, -0.2) is 17.5 Å². The van der Waals surface area contributed by atoms with Crippen molar-refractivity contribution in [3.8, 4) is 0 Å². The zero-order valence-corrected chi connectivity index (χ0v) is 12.2. The van der Waals surface area contributed by atoms with E-state index in [2.05, 4.69) is 20.7 Å². The van der Waals surface area contributed by atoms with Gasteiger partial charge >= 0.3 is 0 Å². The maximum Gasteiger partial charge on any atom is 0.243 e. The van der Waals surface area contributed by atoms with Gasteiger partial charge in [0, 0.05) is 17.1 Å². The molecule has 0 bridgehead atoms. The van der Waals surface area contributed by atoms with E-state index in [1.165, 1.54) is 12.1 Å². The van der Waals surface area contributed by atoms with Crippen LogP contribution in [-0.2, 0) is 10.0 Å². The molecule has 0 aliphatic rings. The van der Waals surface area contributed by atoms with Crippen LogP contribution in [0.4, 0.5) is 4.39 Å². The molecule has 0 heterocycles. The summed E-state index contributed by atoms with van der Waals surface area (Å²) in [5.41, 5.74) is 5.29. The van der Waals surface area contributed by atoms with Gasteiger partial charge in [-0.05, 0) is 25.1 Å². The smallest absolute Gasteiger partial charge is 0.243 e. The summed E-state index contributed by atoms with van der Waals surface area (Å²) in [4.78, 5) is -0.379. The molecule has 1 aromatic rings. The van der Waals surface area contributed by atoms with Gasteiger partial charge in [0.25, 0.3) is 0 Å². The Hall–Kier alpha value is -0.210. The summed E-state index contributed by atoms with van der Waals surface area (Å²) in [7, 11) is -3.84. The van der Waals surface area contributed by atoms with E-state index in [-0.39, 0.29) is 23.8 Å². The number of hydrogen-bond donors (Lipinski definition) is 2. The highest BCUT2D eigenvalue weighted by Crippen LogP contribution is 2.19. The summed E-state index contributed by atoms with van der Waals surface area (Å²) >= 11 is 3.05. The standard InChI is InChI=1S/C9H12BrFN2O2S.ClH/c1-6(5-12)13-16(14,15)9-3-2-7(10)4-8(9)11;/h2-4,6,13H,5,12H2,1H3;1H/t6-;/m0./s1. The Kier molecular flexibility index (Phi) is 6.57. The second kappa shape index (κ2) is 6.65. The molecule has 0 aliphatic heterocycles. The average molecular weight is 348 g/mol. The Morgan fingerprint density at radius 3 is 2.59 bits per heavy atom. The van der Waals surface area contributed by atoms with E-state index in [1.807, 2.05) is 0 Å². The van der Waals surface area contributed by atoms with Gasteiger partial charge in [0.2, 0.25) is 10.0 Å². The SMILES string of the molecule is C[C@@H](CN)NS(=O)(=O)c1ccc(Br)cc1F.Cl. The fourth-order valence-corrected chi connectivity index (χ4v) is 2.72. The lowest BCUT2D eigenvalue weighted by Crippen LogP contribution is -2.38. The van der Waals surface area contributed by atoms with Crippen LogP contribution in [0.3, 0.4) is 0 Å². The summed E-state index contributed by atoms with van der Waals surface area (Å²) in [6.45, 7) is 1.76. The molecule has 0 spiro atoms. The summed E-state index contributed by atoms with van der Waals surface area (Å²) in [6, 6.07) is 3.32. The highest BCUT2D eigenvalue weighted by Gasteiger charge is 2.20. The van der Waals surface area contributed by atoms with Crippen molar-refractivity contribution in [1.82, 2.24) is 4.72 Å². The zero-order valence-electron chi connectivity index (χ0n) is 8.98. The predicted molar refractivity (Wildman–Crippen MR) is 70.2 cm³/mol. The number of nitrogens with two attached hydrogens (primary N) is 1. The van der Waals surface area contributed by atoms with Crippen LogP contribution in [0.5, 0.6) is 0 Å². The third kappa shape index (κ3) is 4.51. The molecule has 0 unspecified atom stereocenters. The van der Waals surface area contributed by atoms with E-state index < -0.39 is 21.9 Å². The Morgan fingerprint density at radius 1 is 1.53 bits per heavy atom. The largest absolute Gasteiger partial charge is 0.329 e. The lowest BCUT2D eigenvalue weighted by atomic mass is 10.3. The topological polar surface area (TPSA) is 72.2 Å². The van der Waals surface area contributed by atoms with Crippen LogP contribution >= 0.6 is 28.3 Å². The van der Waals surface area contributed by atoms with Crippen LogP contribution in [0, 0.1) is 5.82 Å². The molecule has 8 heteroatoms. The molecule has 0 saturated heterocycles. The minimum atomic E-state index is -3.84. The van der Waals surface area contributed by atoms with Crippen molar-refractivity contribution in [2.45, 2.75) is 17.9 Å². The van der Waals surface area contributed by atoms with Gasteiger partial charge in [0.15, 0.2) is 0 Å². The summed E-state index contributed by atoms with van der Waals surface area (Å²) in [6.07, 6.45) is 0. The summed E-state index contributed by atoms with van der Waals surface area (Å²) in [5.74, 6) is -0.800. The van der Waals surface area contributed by atoms with Gasteiger partial charge in [0.1, 0.15) is 10.7 Å². The number of hydrogen-bond acceptors (Lipinski definition) is 3. The summed E-state index contributed by atoms with van der Waals surface area (Å²) in [5, 5.41) is 0. The monoisotopic (exact) mass is 346 g/mol. The van der Waals surface area contributed by atoms with Crippen molar-refractivity contribution in [3.05, 3.63) is 28.5 Å². The zero-order chi connectivity index (χ0) is 12.3. The van der Waals surface area contributed by atoms with Crippen molar-refractivity contribution < 1.29 is 12.8 Å². The van der Waals surface area contributed by atoms with Gasteiger partial charge in [-0.2, -0.15) is 0 Å². The van der Waals surface area contributed by atoms with Crippen LogP contribution < -0.4 is 10.5 Å². The van der Waals surface area contributed by atoms with Crippen LogP contribution in [0.25, 0.3) is 0 Å². The van der Waals surface area contributed by atoms with Gasteiger partial charge in [0.05, 0.1) is 0 Å². The molecule has 0 aromatic heterocycles. The van der Waals surface area contributed by atoms with Gasteiger partial charge in [-0.3, -0.25) is 0 Å². The molecule has 1 aromatic carbocycles. The molecule has 0 saturated carbocycles. The Bertz CT molecular complexity index is 484. The Labute approximate surface area is 114 Å². The molecular formula is C9H13BrClFN2O2S. The number of nitrogens with one attached hydrogen (secondary N) is 1. The molecule has 1 rings (SSSR count). The highest BCUT2D eigenvalue weighted by molar-refractivity contribution is 9.10. The quantitative estimate of drug-likeness (QED) is 0.869. The van der Waals surface area contributed by atoms with Crippen LogP contribution in [0.1, 0.15) is 6.92 Å². The molecule has 3 N–H and O–H groups in total. The number of rotatable bonds is 4. The van der Waals surface area contributed by atoms with E-state index in [4.69, 9.17) is 5.73 Å². The highest BCUT2D eigenvalue weighted by atomic mass is 79.9. The predicted octanol–water partition coefficient (Wildman–Crippen LogP) is 1.64. The fraction of sp³-hybridized carbons (Fsp3) is 0.333. The third-order valence-corrected chi connectivity index (χ3v) is 4.01. The minimum absolute atomic E-state index is 0. The lowest BCUT2D eigenvalue weighted by molar-refractivity contribution is 0.544. The van der Waals surface area contributed by atoms with E-state index in [9.17, 15) is 12.8 Å². The number of halogens is 3. The van der Waals surface area contributed by atoms with E-state index in [1.54, 1.807) is 6.92 Å². The first-order valence-corrected chi connectivity index (χ1v) is 6.82. The van der Waals surface area contributed by atoms with Gasteiger partial charge < -0.3 is 5.73 Å². The Balaban J connectivity index is 0.00000256. The number of benzene rings is 1. The van der Waals surface area contributed by atoms with E-state index >= 15 is 0 Å². The van der Waals surface area contributed by atoms with Gasteiger partial charge in [-0.1, -0.05) is 15.9 Å². The van der Waals surface area contributed by atoms with Gasteiger partial charge in [-0.15, -0.1) is 12.4 Å². The molecule has 1 atom stereocenters. The van der Waals surface area contributed by atoms with Crippen LogP contribution in [-0.4, -0.2) is 21.0 Å². The second-order valence-electron chi connectivity index (χ2n) is 3.33. The normalized spacial score (nSPS) is 12.9. The molecule has 0 fully saturated rings. The lowest BCUT2D eigenvalue weighted by Gasteiger charge is -2.12. The summed E-state index contributed by atoms with van der Waals surface area (Å²) < 4.78 is 39.6. The molecule has 0 radical (unpaired) electrons. The van der Waals surface area contributed by atoms with Crippen LogP contribution in [0.2, 0.25) is 0 Å². The first kappa shape index (κ1) is 16.8. The van der Waals surface area contributed by atoms with Crippen molar-refractivity contribution >= 4 is 38.4 Å². The maximum atomic E-state index is 13.4. The fourth-order valence-electron chi connectivity index (χ4n) is 1.07. The molecule has 0 aliphatic carbocycles. The average Bonchev–Trinajstić information content (AvgIpc) is 2.16. The van der Waals surface area contributed by atoms with Crippen molar-refractivity contribution in [2.75, 3.05) is 6.54 Å².